The van der Waals surface area contributed by atoms with Gasteiger partial charge in [0, 0.05) is 18.1 Å². The average molecular weight is 284 g/mol. The molecule has 0 aliphatic heterocycles. The summed E-state index contributed by atoms with van der Waals surface area (Å²) in [6, 6.07) is 10.6. The lowest BCUT2D eigenvalue weighted by Gasteiger charge is -2.13. The Hall–Kier alpha value is -2.69. The summed E-state index contributed by atoms with van der Waals surface area (Å²) >= 11 is 0. The number of nitrogens with zero attached hydrogens (tertiary/aromatic N) is 1. The molecule has 0 saturated carbocycles. The predicted molar refractivity (Wildman–Crippen MR) is 78.9 cm³/mol. The molecule has 1 atom stereocenters. The zero-order valence-corrected chi connectivity index (χ0v) is 11.9. The van der Waals surface area contributed by atoms with E-state index in [4.69, 9.17) is 4.74 Å². The number of pyridine rings is 1. The van der Waals surface area contributed by atoms with Crippen LogP contribution in [0.25, 0.3) is 0 Å². The molecule has 1 amide bonds. The molecular weight excluding hydrogens is 268 g/mol. The van der Waals surface area contributed by atoms with Gasteiger partial charge in [-0.05, 0) is 43.7 Å². The lowest BCUT2D eigenvalue weighted by atomic mass is 10.2. The van der Waals surface area contributed by atoms with Gasteiger partial charge in [-0.2, -0.15) is 0 Å². The number of anilines is 1. The van der Waals surface area contributed by atoms with Crippen LogP contribution in [0.1, 0.15) is 22.8 Å². The quantitative estimate of drug-likeness (QED) is 0.876. The third-order valence-corrected chi connectivity index (χ3v) is 2.84. The highest BCUT2D eigenvalue weighted by molar-refractivity contribution is 5.97. The summed E-state index contributed by atoms with van der Waals surface area (Å²) in [6.45, 7) is 3.46. The molecule has 5 heteroatoms. The van der Waals surface area contributed by atoms with Crippen molar-refractivity contribution in [2.75, 3.05) is 5.32 Å². The standard InChI is InChI=1S/C16H16N2O3/c1-11-5-3-7-14(9-11)18-15(19)12(2)21-16(20)13-6-4-8-17-10-13/h3-10,12H,1-2H3,(H,18,19)/t12-/m0/s1. The second-order valence-corrected chi connectivity index (χ2v) is 4.65. The van der Waals surface area contributed by atoms with Crippen LogP contribution < -0.4 is 5.32 Å². The van der Waals surface area contributed by atoms with E-state index in [0.29, 0.717) is 11.3 Å². The number of aromatic nitrogens is 1. The molecule has 1 heterocycles. The Morgan fingerprint density at radius 2 is 2.05 bits per heavy atom. The molecule has 0 aliphatic rings. The Labute approximate surface area is 123 Å². The van der Waals surface area contributed by atoms with Crippen molar-refractivity contribution in [1.29, 1.82) is 0 Å². The Bertz CT molecular complexity index is 641. The first-order valence-corrected chi connectivity index (χ1v) is 6.55. The minimum atomic E-state index is -0.891. The molecule has 0 radical (unpaired) electrons. The number of nitrogens with one attached hydrogen (secondary N) is 1. The second-order valence-electron chi connectivity index (χ2n) is 4.65. The molecule has 1 aromatic heterocycles. The van der Waals surface area contributed by atoms with Crippen LogP contribution in [-0.2, 0) is 9.53 Å². The van der Waals surface area contributed by atoms with Crippen molar-refractivity contribution in [1.82, 2.24) is 4.98 Å². The van der Waals surface area contributed by atoms with Crippen LogP contribution in [-0.4, -0.2) is 23.0 Å². The molecule has 2 rings (SSSR count). The summed E-state index contributed by atoms with van der Waals surface area (Å²) < 4.78 is 5.11. The Kier molecular flexibility index (Phi) is 4.66. The molecule has 1 N–H and O–H groups in total. The van der Waals surface area contributed by atoms with Crippen LogP contribution in [0.4, 0.5) is 5.69 Å². The molecule has 0 spiro atoms. The number of esters is 1. The Morgan fingerprint density at radius 1 is 1.24 bits per heavy atom. The van der Waals surface area contributed by atoms with Crippen molar-refractivity contribution >= 4 is 17.6 Å². The Morgan fingerprint density at radius 3 is 2.71 bits per heavy atom. The Balaban J connectivity index is 1.95. The van der Waals surface area contributed by atoms with E-state index < -0.39 is 12.1 Å². The first-order chi connectivity index (χ1) is 10.1. The van der Waals surface area contributed by atoms with Crippen LogP contribution >= 0.6 is 0 Å². The summed E-state index contributed by atoms with van der Waals surface area (Å²) in [5, 5.41) is 2.71. The van der Waals surface area contributed by atoms with Crippen LogP contribution in [0.15, 0.2) is 48.8 Å². The molecule has 2 aromatic rings. The normalized spacial score (nSPS) is 11.5. The smallest absolute Gasteiger partial charge is 0.340 e. The van der Waals surface area contributed by atoms with Crippen LogP contribution in [0.5, 0.6) is 0 Å². The fourth-order valence-corrected chi connectivity index (χ4v) is 1.73. The second kappa shape index (κ2) is 6.65. The number of benzene rings is 1. The summed E-state index contributed by atoms with van der Waals surface area (Å²) in [4.78, 5) is 27.6. The maximum atomic E-state index is 12.0. The van der Waals surface area contributed by atoms with Gasteiger partial charge in [-0.1, -0.05) is 12.1 Å². The zero-order valence-electron chi connectivity index (χ0n) is 11.9. The van der Waals surface area contributed by atoms with E-state index in [1.165, 1.54) is 13.1 Å². The van der Waals surface area contributed by atoms with E-state index in [-0.39, 0.29) is 5.91 Å². The molecule has 21 heavy (non-hydrogen) atoms. The number of hydrogen-bond acceptors (Lipinski definition) is 4. The van der Waals surface area contributed by atoms with Gasteiger partial charge >= 0.3 is 5.97 Å². The van der Waals surface area contributed by atoms with Crippen LogP contribution in [0.2, 0.25) is 0 Å². The number of carbonyl (C=O) groups is 2. The third kappa shape index (κ3) is 4.14. The number of carbonyl (C=O) groups excluding carboxylic acids is 2. The topological polar surface area (TPSA) is 68.3 Å². The minimum Gasteiger partial charge on any atom is -0.449 e. The molecule has 0 bridgehead atoms. The van der Waals surface area contributed by atoms with Gasteiger partial charge in [-0.15, -0.1) is 0 Å². The van der Waals surface area contributed by atoms with E-state index in [2.05, 4.69) is 10.3 Å². The monoisotopic (exact) mass is 284 g/mol. The fourth-order valence-electron chi connectivity index (χ4n) is 1.73. The highest BCUT2D eigenvalue weighted by Crippen LogP contribution is 2.11. The lowest BCUT2D eigenvalue weighted by molar-refractivity contribution is -0.123. The minimum absolute atomic E-state index is 0.313. The number of aryl methyl sites for hydroxylation is 1. The molecule has 0 aliphatic carbocycles. The molecule has 1 aromatic carbocycles. The van der Waals surface area contributed by atoms with Gasteiger partial charge in [0.25, 0.3) is 5.91 Å². The van der Waals surface area contributed by atoms with Crippen LogP contribution in [0, 0.1) is 6.92 Å². The predicted octanol–water partition coefficient (Wildman–Crippen LogP) is 2.57. The maximum Gasteiger partial charge on any atom is 0.340 e. The van der Waals surface area contributed by atoms with Crippen LogP contribution in [0.3, 0.4) is 0 Å². The van der Waals surface area contributed by atoms with Crippen molar-refractivity contribution in [3.63, 3.8) is 0 Å². The molecule has 0 saturated heterocycles. The summed E-state index contributed by atoms with van der Waals surface area (Å²) in [5.41, 5.74) is 2.02. The van der Waals surface area contributed by atoms with Gasteiger partial charge in [-0.25, -0.2) is 4.79 Å². The van der Waals surface area contributed by atoms with Gasteiger partial charge < -0.3 is 10.1 Å². The maximum absolute atomic E-state index is 12.0. The summed E-state index contributed by atoms with van der Waals surface area (Å²) in [6.07, 6.45) is 2.07. The largest absolute Gasteiger partial charge is 0.449 e. The first kappa shape index (κ1) is 14.7. The van der Waals surface area contributed by atoms with E-state index in [1.807, 2.05) is 25.1 Å². The number of amides is 1. The van der Waals surface area contributed by atoms with Gasteiger partial charge in [0.2, 0.25) is 0 Å². The molecular formula is C16H16N2O3. The average Bonchev–Trinajstić information content (AvgIpc) is 2.48. The van der Waals surface area contributed by atoms with Crippen molar-refractivity contribution < 1.29 is 14.3 Å². The van der Waals surface area contributed by atoms with Crippen molar-refractivity contribution in [2.45, 2.75) is 20.0 Å². The highest BCUT2D eigenvalue weighted by Gasteiger charge is 2.19. The number of ether oxygens (including phenoxy) is 1. The van der Waals surface area contributed by atoms with Crippen molar-refractivity contribution in [3.05, 3.63) is 59.9 Å². The van der Waals surface area contributed by atoms with Crippen molar-refractivity contribution in [3.8, 4) is 0 Å². The third-order valence-electron chi connectivity index (χ3n) is 2.84. The molecule has 5 nitrogen and oxygen atoms in total. The lowest BCUT2D eigenvalue weighted by Crippen LogP contribution is -2.30. The summed E-state index contributed by atoms with van der Waals surface area (Å²) in [5.74, 6) is -0.951. The first-order valence-electron chi connectivity index (χ1n) is 6.55. The van der Waals surface area contributed by atoms with Gasteiger partial charge in [0.05, 0.1) is 5.56 Å². The van der Waals surface area contributed by atoms with E-state index in [0.717, 1.165) is 5.56 Å². The van der Waals surface area contributed by atoms with E-state index in [1.54, 1.807) is 24.4 Å². The number of rotatable bonds is 4. The zero-order chi connectivity index (χ0) is 15.2. The molecule has 108 valence electrons. The summed E-state index contributed by atoms with van der Waals surface area (Å²) in [7, 11) is 0. The number of hydrogen-bond donors (Lipinski definition) is 1. The van der Waals surface area contributed by atoms with Crippen molar-refractivity contribution in [2.24, 2.45) is 0 Å². The SMILES string of the molecule is Cc1cccc(NC(=O)[C@H](C)OC(=O)c2cccnc2)c1. The molecule has 0 unspecified atom stereocenters. The highest BCUT2D eigenvalue weighted by atomic mass is 16.5. The van der Waals surface area contributed by atoms with E-state index >= 15 is 0 Å². The van der Waals surface area contributed by atoms with E-state index in [9.17, 15) is 9.59 Å². The fraction of sp³-hybridized carbons (Fsp3) is 0.188. The van der Waals surface area contributed by atoms with Gasteiger partial charge in [0.1, 0.15) is 0 Å². The van der Waals surface area contributed by atoms with Gasteiger partial charge in [-0.3, -0.25) is 9.78 Å². The van der Waals surface area contributed by atoms with Gasteiger partial charge in [0.15, 0.2) is 6.10 Å². The molecule has 0 fully saturated rings.